The molecule has 0 saturated carbocycles. The summed E-state index contributed by atoms with van der Waals surface area (Å²) >= 11 is 1.77. The van der Waals surface area contributed by atoms with Gasteiger partial charge < -0.3 is 4.52 Å². The zero-order valence-electron chi connectivity index (χ0n) is 9.58. The van der Waals surface area contributed by atoms with Crippen molar-refractivity contribution in [1.82, 2.24) is 15.0 Å². The molecule has 0 amide bonds. The van der Waals surface area contributed by atoms with Gasteiger partial charge in [0.2, 0.25) is 6.39 Å². The number of nitrogens with zero attached hydrogens (tertiary/aromatic N) is 3. The Morgan fingerprint density at radius 1 is 1.41 bits per heavy atom. The van der Waals surface area contributed by atoms with Gasteiger partial charge in [0.15, 0.2) is 5.82 Å². The van der Waals surface area contributed by atoms with Gasteiger partial charge in [-0.25, -0.2) is 0 Å². The minimum absolute atomic E-state index is 0.479. The number of hydrogen-bond acceptors (Lipinski definition) is 5. The van der Waals surface area contributed by atoms with Crippen LogP contribution in [-0.4, -0.2) is 28.1 Å². The van der Waals surface area contributed by atoms with Crippen molar-refractivity contribution in [2.24, 2.45) is 0 Å². The summed E-state index contributed by atoms with van der Waals surface area (Å²) in [5.74, 6) is 1.35. The van der Waals surface area contributed by atoms with Crippen molar-refractivity contribution in [2.75, 3.05) is 13.1 Å². The van der Waals surface area contributed by atoms with E-state index in [4.69, 9.17) is 4.52 Å². The van der Waals surface area contributed by atoms with E-state index in [0.717, 1.165) is 38.3 Å². The van der Waals surface area contributed by atoms with Crippen LogP contribution in [0.5, 0.6) is 0 Å². The summed E-state index contributed by atoms with van der Waals surface area (Å²) in [6, 6.07) is 2.20. The van der Waals surface area contributed by atoms with Crippen LogP contribution in [0.15, 0.2) is 27.7 Å². The maximum atomic E-state index is 4.81. The van der Waals surface area contributed by atoms with Gasteiger partial charge >= 0.3 is 0 Å². The number of aromatic nitrogens is 2. The predicted molar refractivity (Wildman–Crippen MR) is 65.9 cm³/mol. The van der Waals surface area contributed by atoms with Gasteiger partial charge in [-0.3, -0.25) is 4.90 Å². The highest BCUT2D eigenvalue weighted by Crippen LogP contribution is 2.26. The molecule has 1 fully saturated rings. The van der Waals surface area contributed by atoms with E-state index in [1.807, 2.05) is 0 Å². The van der Waals surface area contributed by atoms with Crippen LogP contribution < -0.4 is 0 Å². The number of hydrogen-bond donors (Lipinski definition) is 0. The number of thiophene rings is 1. The second kappa shape index (κ2) is 4.98. The molecule has 0 unspecified atom stereocenters. The van der Waals surface area contributed by atoms with Gasteiger partial charge in [0.05, 0.1) is 0 Å². The lowest BCUT2D eigenvalue weighted by atomic mass is 9.96. The molecule has 0 bridgehead atoms. The first kappa shape index (κ1) is 10.9. The first-order chi connectivity index (χ1) is 8.42. The zero-order chi connectivity index (χ0) is 11.5. The maximum absolute atomic E-state index is 4.81. The van der Waals surface area contributed by atoms with E-state index in [9.17, 15) is 0 Å². The van der Waals surface area contributed by atoms with E-state index in [2.05, 4.69) is 31.9 Å². The fraction of sp³-hybridized carbons (Fsp3) is 0.500. The molecule has 0 aliphatic carbocycles. The van der Waals surface area contributed by atoms with Gasteiger partial charge in [-0.15, -0.1) is 0 Å². The molecule has 5 heteroatoms. The molecule has 0 atom stereocenters. The molecule has 1 saturated heterocycles. The van der Waals surface area contributed by atoms with Gasteiger partial charge in [-0.2, -0.15) is 16.3 Å². The standard InChI is InChI=1S/C12H15N3OS/c1-4-15(7-10-3-6-17-8-10)5-2-11(1)12-13-9-16-14-12/h3,6,8-9,11H,1-2,4-5,7H2. The molecule has 3 heterocycles. The Labute approximate surface area is 104 Å². The molecule has 3 rings (SSSR count). The third kappa shape index (κ3) is 2.56. The first-order valence-corrected chi connectivity index (χ1v) is 6.86. The number of rotatable bonds is 3. The van der Waals surface area contributed by atoms with Crippen molar-refractivity contribution >= 4 is 11.3 Å². The van der Waals surface area contributed by atoms with Crippen LogP contribution in [0.3, 0.4) is 0 Å². The van der Waals surface area contributed by atoms with Crippen molar-refractivity contribution in [1.29, 1.82) is 0 Å². The van der Waals surface area contributed by atoms with Crippen molar-refractivity contribution in [3.8, 4) is 0 Å². The molecule has 0 radical (unpaired) electrons. The van der Waals surface area contributed by atoms with E-state index >= 15 is 0 Å². The summed E-state index contributed by atoms with van der Waals surface area (Å²) in [6.45, 7) is 3.31. The maximum Gasteiger partial charge on any atom is 0.213 e. The zero-order valence-corrected chi connectivity index (χ0v) is 10.4. The first-order valence-electron chi connectivity index (χ1n) is 5.91. The van der Waals surface area contributed by atoms with Gasteiger partial charge in [-0.05, 0) is 48.3 Å². The summed E-state index contributed by atoms with van der Waals surface area (Å²) in [5, 5.41) is 8.31. The van der Waals surface area contributed by atoms with Gasteiger partial charge in [-0.1, -0.05) is 5.16 Å². The highest BCUT2D eigenvalue weighted by molar-refractivity contribution is 7.07. The Bertz CT molecular complexity index is 432. The normalized spacial score (nSPS) is 18.6. The molecule has 0 N–H and O–H groups in total. The molecular formula is C12H15N3OS. The number of piperidine rings is 1. The third-order valence-electron chi connectivity index (χ3n) is 3.32. The topological polar surface area (TPSA) is 42.2 Å². The van der Waals surface area contributed by atoms with E-state index in [1.54, 1.807) is 11.3 Å². The van der Waals surface area contributed by atoms with Crippen LogP contribution in [-0.2, 0) is 6.54 Å². The summed E-state index contributed by atoms with van der Waals surface area (Å²) in [7, 11) is 0. The molecule has 17 heavy (non-hydrogen) atoms. The molecule has 1 aliphatic heterocycles. The Morgan fingerprint density at radius 2 is 2.29 bits per heavy atom. The molecular weight excluding hydrogens is 234 g/mol. The third-order valence-corrected chi connectivity index (χ3v) is 4.05. The Kier molecular flexibility index (Phi) is 3.20. The van der Waals surface area contributed by atoms with Gasteiger partial charge in [0.1, 0.15) is 0 Å². The minimum Gasteiger partial charge on any atom is -0.343 e. The molecule has 4 nitrogen and oxygen atoms in total. The van der Waals surface area contributed by atoms with Crippen LogP contribution in [0, 0.1) is 0 Å². The second-order valence-corrected chi connectivity index (χ2v) is 5.25. The largest absolute Gasteiger partial charge is 0.343 e. The van der Waals surface area contributed by atoms with E-state index < -0.39 is 0 Å². The van der Waals surface area contributed by atoms with E-state index in [0.29, 0.717) is 5.92 Å². The highest BCUT2D eigenvalue weighted by Gasteiger charge is 2.23. The van der Waals surface area contributed by atoms with Crippen LogP contribution in [0.1, 0.15) is 30.1 Å². The lowest BCUT2D eigenvalue weighted by Crippen LogP contribution is -2.32. The Morgan fingerprint density at radius 3 is 2.94 bits per heavy atom. The van der Waals surface area contributed by atoms with E-state index in [-0.39, 0.29) is 0 Å². The molecule has 0 spiro atoms. The summed E-state index contributed by atoms with van der Waals surface area (Å²) < 4.78 is 4.81. The van der Waals surface area contributed by atoms with Gasteiger partial charge in [0, 0.05) is 12.5 Å². The fourth-order valence-electron chi connectivity index (χ4n) is 2.35. The Hall–Kier alpha value is -1.20. The van der Waals surface area contributed by atoms with Crippen LogP contribution in [0.4, 0.5) is 0 Å². The van der Waals surface area contributed by atoms with Crippen molar-refractivity contribution < 1.29 is 4.52 Å². The van der Waals surface area contributed by atoms with Gasteiger partial charge in [0.25, 0.3) is 0 Å². The van der Waals surface area contributed by atoms with Crippen molar-refractivity contribution in [3.05, 3.63) is 34.6 Å². The highest BCUT2D eigenvalue weighted by atomic mass is 32.1. The molecule has 2 aromatic rings. The SMILES string of the molecule is c1nc(C2CCN(Cc3ccsc3)CC2)no1. The summed E-state index contributed by atoms with van der Waals surface area (Å²) in [5.41, 5.74) is 1.42. The van der Waals surface area contributed by atoms with Crippen LogP contribution in [0.2, 0.25) is 0 Å². The van der Waals surface area contributed by atoms with E-state index in [1.165, 1.54) is 12.0 Å². The van der Waals surface area contributed by atoms with Crippen molar-refractivity contribution in [3.63, 3.8) is 0 Å². The lowest BCUT2D eigenvalue weighted by Gasteiger charge is -2.30. The molecule has 0 aromatic carbocycles. The smallest absolute Gasteiger partial charge is 0.213 e. The minimum atomic E-state index is 0.479. The van der Waals surface area contributed by atoms with Crippen LogP contribution in [0.25, 0.3) is 0 Å². The second-order valence-electron chi connectivity index (χ2n) is 4.47. The van der Waals surface area contributed by atoms with Crippen LogP contribution >= 0.6 is 11.3 Å². The molecule has 90 valence electrons. The molecule has 1 aliphatic rings. The predicted octanol–water partition coefficient (Wildman–Crippen LogP) is 2.51. The number of likely N-dealkylation sites (tertiary alicyclic amines) is 1. The monoisotopic (exact) mass is 249 g/mol. The molecule has 2 aromatic heterocycles. The Balaban J connectivity index is 1.54. The average Bonchev–Trinajstić information content (AvgIpc) is 3.01. The summed E-state index contributed by atoms with van der Waals surface area (Å²) in [4.78, 5) is 6.64. The quantitative estimate of drug-likeness (QED) is 0.838. The van der Waals surface area contributed by atoms with Crippen molar-refractivity contribution in [2.45, 2.75) is 25.3 Å². The fourth-order valence-corrected chi connectivity index (χ4v) is 3.01. The lowest BCUT2D eigenvalue weighted by molar-refractivity contribution is 0.200. The average molecular weight is 249 g/mol. The summed E-state index contributed by atoms with van der Waals surface area (Å²) in [6.07, 6.45) is 3.68.